The van der Waals surface area contributed by atoms with Crippen molar-refractivity contribution < 1.29 is 25.2 Å². The van der Waals surface area contributed by atoms with E-state index in [9.17, 15) is 25.2 Å². The largest absolute Gasteiger partial charge is 0.480 e. The average Bonchev–Trinajstić information content (AvgIpc) is 2.86. The van der Waals surface area contributed by atoms with Crippen LogP contribution in [-0.2, 0) is 11.2 Å². The van der Waals surface area contributed by atoms with E-state index in [2.05, 4.69) is 4.98 Å². The van der Waals surface area contributed by atoms with E-state index < -0.39 is 24.4 Å². The van der Waals surface area contributed by atoms with Crippen LogP contribution in [0.3, 0.4) is 0 Å². The van der Waals surface area contributed by atoms with Gasteiger partial charge in [0.15, 0.2) is 6.29 Å². The highest BCUT2D eigenvalue weighted by Gasteiger charge is 2.28. The number of aliphatic hydroxyl groups excluding tert-OH is 2. The minimum Gasteiger partial charge on any atom is -0.480 e. The maximum absolute atomic E-state index is 11.7. The van der Waals surface area contributed by atoms with Gasteiger partial charge >= 0.3 is 5.97 Å². The number of aromatic amines is 1. The van der Waals surface area contributed by atoms with Crippen LogP contribution in [0, 0.1) is 0 Å². The summed E-state index contributed by atoms with van der Waals surface area (Å²) in [6.45, 7) is 1.32. The van der Waals surface area contributed by atoms with Gasteiger partial charge in [-0.15, -0.1) is 0 Å². The van der Waals surface area contributed by atoms with Gasteiger partial charge in [-0.25, -0.2) is 0 Å². The summed E-state index contributed by atoms with van der Waals surface area (Å²) in [5, 5.41) is 38.4. The van der Waals surface area contributed by atoms with Gasteiger partial charge in [-0.2, -0.15) is 0 Å². The minimum atomic E-state index is -1.67. The van der Waals surface area contributed by atoms with Crippen molar-refractivity contribution in [3.8, 4) is 0 Å². The van der Waals surface area contributed by atoms with Crippen molar-refractivity contribution in [3.63, 3.8) is 0 Å². The standard InChI is InChI=1S/C16H22N2O5/c1-10(19)8-18(9-15(20)21)14(16(22)23)6-11-7-17-13-5-3-2-4-12(11)13/h2-5,7,10,14-15,17,19-21H,6,8-9H2,1H3,(H,22,23). The number of hydrogen-bond acceptors (Lipinski definition) is 5. The number of aliphatic carboxylic acids is 1. The minimum absolute atomic E-state index is 0.0386. The summed E-state index contributed by atoms with van der Waals surface area (Å²) in [5.74, 6) is -1.07. The molecule has 0 amide bonds. The number of carboxylic acids is 1. The summed E-state index contributed by atoms with van der Waals surface area (Å²) in [5.41, 5.74) is 1.74. The van der Waals surface area contributed by atoms with Crippen LogP contribution in [0.2, 0.25) is 0 Å². The normalized spacial score (nSPS) is 14.5. The first kappa shape index (κ1) is 17.4. The van der Waals surface area contributed by atoms with E-state index in [0.29, 0.717) is 0 Å². The summed E-state index contributed by atoms with van der Waals surface area (Å²) < 4.78 is 0. The molecule has 2 aromatic rings. The van der Waals surface area contributed by atoms with Crippen LogP contribution in [0.25, 0.3) is 10.9 Å². The maximum Gasteiger partial charge on any atom is 0.321 e. The first-order valence-corrected chi connectivity index (χ1v) is 7.44. The fourth-order valence-electron chi connectivity index (χ4n) is 2.76. The summed E-state index contributed by atoms with van der Waals surface area (Å²) in [6.07, 6.45) is -0.493. The van der Waals surface area contributed by atoms with Gasteiger partial charge in [0, 0.05) is 30.1 Å². The van der Waals surface area contributed by atoms with Gasteiger partial charge in [0.05, 0.1) is 12.6 Å². The molecule has 0 fully saturated rings. The number of rotatable bonds is 8. The van der Waals surface area contributed by atoms with Crippen molar-refractivity contribution in [1.29, 1.82) is 0 Å². The zero-order valence-corrected chi connectivity index (χ0v) is 12.9. The van der Waals surface area contributed by atoms with Crippen molar-refractivity contribution >= 4 is 16.9 Å². The molecule has 0 saturated heterocycles. The van der Waals surface area contributed by atoms with Crippen LogP contribution >= 0.6 is 0 Å². The SMILES string of the molecule is CC(O)CN(CC(O)O)C(Cc1c[nH]c2ccccc12)C(=O)O. The Morgan fingerprint density at radius 3 is 2.52 bits per heavy atom. The Morgan fingerprint density at radius 1 is 1.22 bits per heavy atom. The lowest BCUT2D eigenvalue weighted by Gasteiger charge is -2.30. The highest BCUT2D eigenvalue weighted by molar-refractivity contribution is 5.84. The maximum atomic E-state index is 11.7. The smallest absolute Gasteiger partial charge is 0.321 e. The van der Waals surface area contributed by atoms with Crippen LogP contribution in [-0.4, -0.2) is 67.8 Å². The molecule has 5 N–H and O–H groups in total. The predicted octanol–water partition coefficient (Wildman–Crippen LogP) is 0.157. The molecule has 7 nitrogen and oxygen atoms in total. The Bertz CT molecular complexity index is 643. The Balaban J connectivity index is 2.27. The molecule has 0 aliphatic carbocycles. The van der Waals surface area contributed by atoms with Crippen LogP contribution in [0.4, 0.5) is 0 Å². The third kappa shape index (κ3) is 4.52. The first-order chi connectivity index (χ1) is 10.9. The second kappa shape index (κ2) is 7.56. The summed E-state index contributed by atoms with van der Waals surface area (Å²) >= 11 is 0. The van der Waals surface area contributed by atoms with Crippen molar-refractivity contribution in [2.45, 2.75) is 31.8 Å². The van der Waals surface area contributed by atoms with Crippen molar-refractivity contribution in [3.05, 3.63) is 36.0 Å². The monoisotopic (exact) mass is 322 g/mol. The quantitative estimate of drug-likeness (QED) is 0.442. The van der Waals surface area contributed by atoms with Gasteiger partial charge in [-0.1, -0.05) is 18.2 Å². The molecular formula is C16H22N2O5. The highest BCUT2D eigenvalue weighted by Crippen LogP contribution is 2.21. The number of nitrogens with one attached hydrogen (secondary N) is 1. The average molecular weight is 322 g/mol. The molecule has 0 radical (unpaired) electrons. The molecule has 0 aliphatic heterocycles. The van der Waals surface area contributed by atoms with E-state index in [0.717, 1.165) is 16.5 Å². The van der Waals surface area contributed by atoms with E-state index in [1.165, 1.54) is 11.8 Å². The molecule has 1 aromatic heterocycles. The molecule has 0 saturated carbocycles. The molecule has 0 spiro atoms. The predicted molar refractivity (Wildman–Crippen MR) is 84.9 cm³/mol. The molecule has 126 valence electrons. The van der Waals surface area contributed by atoms with Crippen LogP contribution in [0.15, 0.2) is 30.5 Å². The number of hydrogen-bond donors (Lipinski definition) is 5. The lowest BCUT2D eigenvalue weighted by Crippen LogP contribution is -2.48. The van der Waals surface area contributed by atoms with E-state index in [-0.39, 0.29) is 19.5 Å². The molecule has 7 heteroatoms. The Labute approximate surface area is 133 Å². The van der Waals surface area contributed by atoms with Crippen LogP contribution in [0.1, 0.15) is 12.5 Å². The fraction of sp³-hybridized carbons (Fsp3) is 0.438. The number of aromatic nitrogens is 1. The third-order valence-electron chi connectivity index (χ3n) is 3.71. The van der Waals surface area contributed by atoms with Gasteiger partial charge < -0.3 is 25.4 Å². The fourth-order valence-corrected chi connectivity index (χ4v) is 2.76. The van der Waals surface area contributed by atoms with E-state index >= 15 is 0 Å². The topological polar surface area (TPSA) is 117 Å². The van der Waals surface area contributed by atoms with E-state index in [4.69, 9.17) is 0 Å². The van der Waals surface area contributed by atoms with Gasteiger partial charge in [-0.3, -0.25) is 9.69 Å². The van der Waals surface area contributed by atoms with E-state index in [1.54, 1.807) is 6.20 Å². The van der Waals surface area contributed by atoms with Gasteiger partial charge in [0.2, 0.25) is 0 Å². The molecule has 1 aromatic carbocycles. The second-order valence-corrected chi connectivity index (χ2v) is 5.70. The van der Waals surface area contributed by atoms with Crippen LogP contribution in [0.5, 0.6) is 0 Å². The van der Waals surface area contributed by atoms with Crippen LogP contribution < -0.4 is 0 Å². The molecule has 2 atom stereocenters. The summed E-state index contributed by atoms with van der Waals surface area (Å²) in [6, 6.07) is 6.60. The number of fused-ring (bicyclic) bond motifs is 1. The Morgan fingerprint density at radius 2 is 1.91 bits per heavy atom. The lowest BCUT2D eigenvalue weighted by molar-refractivity contribution is -0.146. The first-order valence-electron chi connectivity index (χ1n) is 7.44. The molecule has 2 unspecified atom stereocenters. The molecule has 0 bridgehead atoms. The number of H-pyrrole nitrogens is 1. The van der Waals surface area contributed by atoms with Gasteiger partial charge in [-0.05, 0) is 18.6 Å². The number of benzene rings is 1. The van der Waals surface area contributed by atoms with E-state index in [1.807, 2.05) is 24.3 Å². The molecule has 1 heterocycles. The van der Waals surface area contributed by atoms with Gasteiger partial charge in [0.1, 0.15) is 6.04 Å². The number of carboxylic acid groups (broad SMARTS) is 1. The zero-order chi connectivity index (χ0) is 17.0. The van der Waals surface area contributed by atoms with Crippen molar-refractivity contribution in [1.82, 2.24) is 9.88 Å². The van der Waals surface area contributed by atoms with Crippen molar-refractivity contribution in [2.75, 3.05) is 13.1 Å². The Kier molecular flexibility index (Phi) is 5.73. The lowest BCUT2D eigenvalue weighted by atomic mass is 10.0. The molecule has 2 rings (SSSR count). The van der Waals surface area contributed by atoms with Gasteiger partial charge in [0.25, 0.3) is 0 Å². The number of aliphatic hydroxyl groups is 3. The van der Waals surface area contributed by atoms with Crippen molar-refractivity contribution in [2.24, 2.45) is 0 Å². The summed E-state index contributed by atoms with van der Waals surface area (Å²) in [7, 11) is 0. The third-order valence-corrected chi connectivity index (χ3v) is 3.71. The molecule has 23 heavy (non-hydrogen) atoms. The second-order valence-electron chi connectivity index (χ2n) is 5.70. The Hall–Kier alpha value is -1.93. The number of nitrogens with zero attached hydrogens (tertiary/aromatic N) is 1. The molecule has 0 aliphatic rings. The summed E-state index contributed by atoms with van der Waals surface area (Å²) in [4.78, 5) is 16.1. The molecular weight excluding hydrogens is 300 g/mol. The zero-order valence-electron chi connectivity index (χ0n) is 12.9. The number of carbonyl (C=O) groups is 1. The number of para-hydroxylation sites is 1. The highest BCUT2D eigenvalue weighted by atomic mass is 16.5.